The third kappa shape index (κ3) is 3.16. The van der Waals surface area contributed by atoms with Crippen molar-refractivity contribution in [2.75, 3.05) is 0 Å². The third-order valence-corrected chi connectivity index (χ3v) is 2.94. The molecule has 17 heavy (non-hydrogen) atoms. The normalized spacial score (nSPS) is 12.4. The molecule has 0 saturated heterocycles. The van der Waals surface area contributed by atoms with Crippen molar-refractivity contribution in [2.45, 2.75) is 19.0 Å². The molecule has 0 heterocycles. The first-order chi connectivity index (χ1) is 8.29. The van der Waals surface area contributed by atoms with Gasteiger partial charge in [-0.05, 0) is 23.1 Å². The summed E-state index contributed by atoms with van der Waals surface area (Å²) in [6.45, 7) is 0.588. The lowest BCUT2D eigenvalue weighted by Crippen LogP contribution is -2.13. The summed E-state index contributed by atoms with van der Waals surface area (Å²) >= 11 is 0. The highest BCUT2D eigenvalue weighted by molar-refractivity contribution is 5.26. The van der Waals surface area contributed by atoms with Crippen molar-refractivity contribution in [3.05, 3.63) is 71.3 Å². The molecule has 4 N–H and O–H groups in total. The van der Waals surface area contributed by atoms with Gasteiger partial charge in [0.1, 0.15) is 0 Å². The van der Waals surface area contributed by atoms with Crippen molar-refractivity contribution in [1.29, 1.82) is 0 Å². The van der Waals surface area contributed by atoms with E-state index in [0.29, 0.717) is 6.54 Å². The summed E-state index contributed by atoms with van der Waals surface area (Å²) in [7, 11) is 0. The second-order valence-electron chi connectivity index (χ2n) is 4.24. The molecule has 2 aromatic rings. The molecule has 0 radical (unpaired) electrons. The van der Waals surface area contributed by atoms with Crippen LogP contribution < -0.4 is 11.5 Å². The summed E-state index contributed by atoms with van der Waals surface area (Å²) in [5, 5.41) is 0. The Hall–Kier alpha value is -1.64. The number of rotatable bonds is 4. The van der Waals surface area contributed by atoms with Crippen LogP contribution >= 0.6 is 0 Å². The summed E-state index contributed by atoms with van der Waals surface area (Å²) in [5.74, 6) is 0. The molecule has 0 saturated carbocycles. The van der Waals surface area contributed by atoms with Crippen LogP contribution in [0.5, 0.6) is 0 Å². The first kappa shape index (κ1) is 11.8. The van der Waals surface area contributed by atoms with Crippen LogP contribution in [0.25, 0.3) is 0 Å². The van der Waals surface area contributed by atoms with E-state index >= 15 is 0 Å². The van der Waals surface area contributed by atoms with Gasteiger partial charge in [-0.1, -0.05) is 54.6 Å². The summed E-state index contributed by atoms with van der Waals surface area (Å²) in [5.41, 5.74) is 15.3. The standard InChI is InChI=1S/C15H18N2/c16-11-13-8-6-12(7-9-13)10-15(17)14-4-2-1-3-5-14/h1-9,15H,10-11,16-17H2/t15-/m0/s1. The van der Waals surface area contributed by atoms with E-state index in [1.807, 2.05) is 18.2 Å². The molecular formula is C15H18N2. The Morgan fingerprint density at radius 2 is 1.41 bits per heavy atom. The molecule has 0 aliphatic heterocycles. The van der Waals surface area contributed by atoms with E-state index in [4.69, 9.17) is 11.5 Å². The lowest BCUT2D eigenvalue weighted by molar-refractivity contribution is 0.721. The van der Waals surface area contributed by atoms with Crippen LogP contribution in [-0.2, 0) is 13.0 Å². The second kappa shape index (κ2) is 5.62. The quantitative estimate of drug-likeness (QED) is 0.841. The fourth-order valence-corrected chi connectivity index (χ4v) is 1.88. The van der Waals surface area contributed by atoms with Gasteiger partial charge in [-0.25, -0.2) is 0 Å². The van der Waals surface area contributed by atoms with Crippen molar-refractivity contribution in [3.8, 4) is 0 Å². The zero-order chi connectivity index (χ0) is 12.1. The summed E-state index contributed by atoms with van der Waals surface area (Å²) in [6.07, 6.45) is 0.856. The van der Waals surface area contributed by atoms with Gasteiger partial charge in [0, 0.05) is 12.6 Å². The molecule has 2 aromatic carbocycles. The molecule has 1 atom stereocenters. The Morgan fingerprint density at radius 1 is 0.824 bits per heavy atom. The number of hydrogen-bond donors (Lipinski definition) is 2. The van der Waals surface area contributed by atoms with Crippen LogP contribution in [-0.4, -0.2) is 0 Å². The minimum Gasteiger partial charge on any atom is -0.326 e. The average molecular weight is 226 g/mol. The molecule has 2 nitrogen and oxygen atoms in total. The van der Waals surface area contributed by atoms with E-state index in [1.165, 1.54) is 11.1 Å². The van der Waals surface area contributed by atoms with Crippen LogP contribution in [0.15, 0.2) is 54.6 Å². The summed E-state index contributed by atoms with van der Waals surface area (Å²) in [6, 6.07) is 18.6. The van der Waals surface area contributed by atoms with Gasteiger partial charge in [0.05, 0.1) is 0 Å². The topological polar surface area (TPSA) is 52.0 Å². The fourth-order valence-electron chi connectivity index (χ4n) is 1.88. The van der Waals surface area contributed by atoms with Gasteiger partial charge in [0.2, 0.25) is 0 Å². The monoisotopic (exact) mass is 226 g/mol. The Morgan fingerprint density at radius 3 is 2.00 bits per heavy atom. The van der Waals surface area contributed by atoms with E-state index in [0.717, 1.165) is 12.0 Å². The second-order valence-corrected chi connectivity index (χ2v) is 4.24. The third-order valence-electron chi connectivity index (χ3n) is 2.94. The van der Waals surface area contributed by atoms with Crippen LogP contribution in [0, 0.1) is 0 Å². The first-order valence-corrected chi connectivity index (χ1v) is 5.88. The van der Waals surface area contributed by atoms with Crippen molar-refractivity contribution in [3.63, 3.8) is 0 Å². The van der Waals surface area contributed by atoms with E-state index in [1.54, 1.807) is 0 Å². The van der Waals surface area contributed by atoms with Gasteiger partial charge < -0.3 is 11.5 Å². The Labute approximate surface area is 102 Å². The molecule has 0 amide bonds. The van der Waals surface area contributed by atoms with Gasteiger partial charge in [-0.3, -0.25) is 0 Å². The Bertz CT molecular complexity index is 448. The lowest BCUT2D eigenvalue weighted by atomic mass is 9.99. The van der Waals surface area contributed by atoms with Crippen LogP contribution in [0.1, 0.15) is 22.7 Å². The molecule has 88 valence electrons. The molecule has 0 aromatic heterocycles. The highest BCUT2D eigenvalue weighted by Gasteiger charge is 2.06. The van der Waals surface area contributed by atoms with Crippen molar-refractivity contribution in [1.82, 2.24) is 0 Å². The van der Waals surface area contributed by atoms with Crippen molar-refractivity contribution < 1.29 is 0 Å². The van der Waals surface area contributed by atoms with Gasteiger partial charge in [-0.15, -0.1) is 0 Å². The van der Waals surface area contributed by atoms with E-state index in [9.17, 15) is 0 Å². The number of hydrogen-bond acceptors (Lipinski definition) is 2. The van der Waals surface area contributed by atoms with Crippen molar-refractivity contribution >= 4 is 0 Å². The smallest absolute Gasteiger partial charge is 0.0335 e. The van der Waals surface area contributed by atoms with Crippen molar-refractivity contribution in [2.24, 2.45) is 11.5 Å². The SMILES string of the molecule is NCc1ccc(C[C@H](N)c2ccccc2)cc1. The maximum atomic E-state index is 6.17. The minimum atomic E-state index is 0.0555. The molecule has 2 heteroatoms. The Balaban J connectivity index is 2.05. The zero-order valence-corrected chi connectivity index (χ0v) is 9.84. The maximum absolute atomic E-state index is 6.17. The van der Waals surface area contributed by atoms with Crippen LogP contribution in [0.4, 0.5) is 0 Å². The average Bonchev–Trinajstić information content (AvgIpc) is 2.40. The maximum Gasteiger partial charge on any atom is 0.0335 e. The minimum absolute atomic E-state index is 0.0555. The molecule has 0 fully saturated rings. The highest BCUT2D eigenvalue weighted by Crippen LogP contribution is 2.16. The van der Waals surface area contributed by atoms with Gasteiger partial charge in [0.25, 0.3) is 0 Å². The molecular weight excluding hydrogens is 208 g/mol. The zero-order valence-electron chi connectivity index (χ0n) is 9.84. The molecule has 0 spiro atoms. The Kier molecular flexibility index (Phi) is 3.91. The lowest BCUT2D eigenvalue weighted by Gasteiger charge is -2.12. The van der Waals surface area contributed by atoms with E-state index in [-0.39, 0.29) is 6.04 Å². The van der Waals surface area contributed by atoms with E-state index in [2.05, 4.69) is 36.4 Å². The highest BCUT2D eigenvalue weighted by atomic mass is 14.6. The fraction of sp³-hybridized carbons (Fsp3) is 0.200. The molecule has 0 bridgehead atoms. The van der Waals surface area contributed by atoms with Gasteiger partial charge in [0.15, 0.2) is 0 Å². The van der Waals surface area contributed by atoms with Gasteiger partial charge >= 0.3 is 0 Å². The molecule has 2 rings (SSSR count). The molecule has 0 aliphatic carbocycles. The predicted octanol–water partition coefficient (Wildman–Crippen LogP) is 2.39. The van der Waals surface area contributed by atoms with Crippen LogP contribution in [0.2, 0.25) is 0 Å². The molecule has 0 aliphatic rings. The molecule has 0 unspecified atom stereocenters. The summed E-state index contributed by atoms with van der Waals surface area (Å²) < 4.78 is 0. The van der Waals surface area contributed by atoms with E-state index < -0.39 is 0 Å². The number of benzene rings is 2. The van der Waals surface area contributed by atoms with Crippen LogP contribution in [0.3, 0.4) is 0 Å². The number of nitrogens with two attached hydrogens (primary N) is 2. The summed E-state index contributed by atoms with van der Waals surface area (Å²) in [4.78, 5) is 0. The predicted molar refractivity (Wildman–Crippen MR) is 71.4 cm³/mol. The largest absolute Gasteiger partial charge is 0.326 e. The first-order valence-electron chi connectivity index (χ1n) is 5.88. The van der Waals surface area contributed by atoms with Gasteiger partial charge in [-0.2, -0.15) is 0 Å².